The summed E-state index contributed by atoms with van der Waals surface area (Å²) in [5.74, 6) is 0.210. The largest absolute Gasteiger partial charge is 0.309 e. The molecule has 1 aromatic carbocycles. The molecule has 0 bridgehead atoms. The molecule has 1 aliphatic heterocycles. The quantitative estimate of drug-likeness (QED) is 0.873. The van der Waals surface area contributed by atoms with E-state index in [2.05, 4.69) is 20.0 Å². The zero-order valence-corrected chi connectivity index (χ0v) is 12.2. The van der Waals surface area contributed by atoms with Crippen LogP contribution in [0, 0.1) is 0 Å². The molecule has 3 rings (SSSR count). The zero-order valence-electron chi connectivity index (χ0n) is 11.4. The maximum atomic E-state index is 11.9. The van der Waals surface area contributed by atoms with E-state index in [9.17, 15) is 13.2 Å². The Kier molecular flexibility index (Phi) is 3.60. The number of aromatic nitrogens is 1. The molecule has 0 saturated carbocycles. The minimum Gasteiger partial charge on any atom is -0.309 e. The van der Waals surface area contributed by atoms with Crippen LogP contribution in [-0.2, 0) is 14.8 Å². The highest BCUT2D eigenvalue weighted by molar-refractivity contribution is 7.90. The van der Waals surface area contributed by atoms with E-state index in [0.717, 1.165) is 0 Å². The number of carbonyl (C=O) groups excluding carboxylic acids is 1. The molecule has 112 valence electrons. The Balaban J connectivity index is 1.76. The molecule has 0 atom stereocenters. The summed E-state index contributed by atoms with van der Waals surface area (Å²) < 4.78 is 26.1. The number of aliphatic imine (C=N–C) groups is 1. The number of anilines is 1. The van der Waals surface area contributed by atoms with E-state index in [1.807, 2.05) is 0 Å². The maximum Gasteiger partial charge on any atom is 0.263 e. The second-order valence-electron chi connectivity index (χ2n) is 4.53. The van der Waals surface area contributed by atoms with Crippen LogP contribution in [0.1, 0.15) is 5.56 Å². The molecule has 1 aliphatic rings. The van der Waals surface area contributed by atoms with E-state index in [4.69, 9.17) is 0 Å². The van der Waals surface area contributed by atoms with Crippen molar-refractivity contribution in [1.82, 2.24) is 9.71 Å². The first-order chi connectivity index (χ1) is 10.6. The van der Waals surface area contributed by atoms with Gasteiger partial charge in [0.25, 0.3) is 10.0 Å². The monoisotopic (exact) mass is 316 g/mol. The van der Waals surface area contributed by atoms with Crippen LogP contribution in [0.15, 0.2) is 58.5 Å². The van der Waals surface area contributed by atoms with Crippen LogP contribution in [0.4, 0.5) is 5.82 Å². The molecule has 0 unspecified atom stereocenters. The average Bonchev–Trinajstić information content (AvgIpc) is 2.78. The first-order valence-electron chi connectivity index (χ1n) is 6.44. The summed E-state index contributed by atoms with van der Waals surface area (Å²) in [6, 6.07) is 11.6. The molecule has 7 nitrogen and oxygen atoms in total. The molecule has 0 saturated heterocycles. The number of hydrogen-bond acceptors (Lipinski definition) is 5. The summed E-state index contributed by atoms with van der Waals surface area (Å²) in [7, 11) is -3.59. The fraction of sp³-hybridized carbons (Fsp3) is 0.0714. The van der Waals surface area contributed by atoms with Crippen LogP contribution in [0.25, 0.3) is 0 Å². The van der Waals surface area contributed by atoms with E-state index in [0.29, 0.717) is 11.4 Å². The Bertz CT molecular complexity index is 847. The number of rotatable bonds is 3. The molecule has 2 aromatic rings. The topological polar surface area (TPSA) is 101 Å². The fourth-order valence-electron chi connectivity index (χ4n) is 2.02. The lowest BCUT2D eigenvalue weighted by Crippen LogP contribution is -2.24. The predicted octanol–water partition coefficient (Wildman–Crippen LogP) is 0.759. The SMILES string of the molecule is O=C(CN=C1NS(=O)(=O)c2ccccc21)Nc1ccccn1. The second-order valence-corrected chi connectivity index (χ2v) is 6.18. The molecular weight excluding hydrogens is 304 g/mol. The Morgan fingerprint density at radius 1 is 1.18 bits per heavy atom. The van der Waals surface area contributed by atoms with Gasteiger partial charge in [-0.15, -0.1) is 0 Å². The smallest absolute Gasteiger partial charge is 0.263 e. The molecule has 8 heteroatoms. The third-order valence-electron chi connectivity index (χ3n) is 2.98. The maximum absolute atomic E-state index is 11.9. The van der Waals surface area contributed by atoms with Crippen LogP contribution < -0.4 is 10.0 Å². The average molecular weight is 316 g/mol. The third-order valence-corrected chi connectivity index (χ3v) is 4.37. The second kappa shape index (κ2) is 5.57. The standard InChI is InChI=1S/C14H12N4O3S/c19-13(17-12-7-3-4-8-15-12)9-16-14-10-5-1-2-6-11(10)22(20,21)18-14/h1-8H,9H2,(H,16,18)(H,15,17,19). The van der Waals surface area contributed by atoms with Crippen LogP contribution in [0.3, 0.4) is 0 Å². The van der Waals surface area contributed by atoms with Gasteiger partial charge in [-0.25, -0.2) is 13.4 Å². The Morgan fingerprint density at radius 3 is 2.73 bits per heavy atom. The molecule has 0 aliphatic carbocycles. The van der Waals surface area contributed by atoms with Gasteiger partial charge in [-0.3, -0.25) is 14.5 Å². The highest BCUT2D eigenvalue weighted by atomic mass is 32.2. The number of carbonyl (C=O) groups is 1. The van der Waals surface area contributed by atoms with E-state index < -0.39 is 10.0 Å². The van der Waals surface area contributed by atoms with Gasteiger partial charge in [-0.05, 0) is 24.3 Å². The number of sulfonamides is 1. The van der Waals surface area contributed by atoms with Gasteiger partial charge in [0, 0.05) is 11.8 Å². The zero-order chi connectivity index (χ0) is 15.6. The van der Waals surface area contributed by atoms with Crippen LogP contribution in [-0.4, -0.2) is 31.7 Å². The van der Waals surface area contributed by atoms with Crippen molar-refractivity contribution in [2.75, 3.05) is 11.9 Å². The minimum absolute atomic E-state index is 0.166. The highest BCUT2D eigenvalue weighted by Crippen LogP contribution is 2.21. The predicted molar refractivity (Wildman–Crippen MR) is 81.0 cm³/mol. The molecule has 1 aromatic heterocycles. The molecule has 0 radical (unpaired) electrons. The summed E-state index contributed by atoms with van der Waals surface area (Å²) in [4.78, 5) is 20.0. The van der Waals surface area contributed by atoms with E-state index in [1.165, 1.54) is 6.07 Å². The van der Waals surface area contributed by atoms with E-state index in [-0.39, 0.29) is 23.2 Å². The molecule has 2 N–H and O–H groups in total. The highest BCUT2D eigenvalue weighted by Gasteiger charge is 2.30. The first kappa shape index (κ1) is 14.2. The van der Waals surface area contributed by atoms with Crippen molar-refractivity contribution >= 4 is 27.6 Å². The van der Waals surface area contributed by atoms with Gasteiger partial charge in [0.2, 0.25) is 5.91 Å². The summed E-state index contributed by atoms with van der Waals surface area (Å²) in [5, 5.41) is 2.58. The molecule has 0 spiro atoms. The Morgan fingerprint density at radius 2 is 1.95 bits per heavy atom. The lowest BCUT2D eigenvalue weighted by molar-refractivity contribution is -0.114. The number of nitrogens with zero attached hydrogens (tertiary/aromatic N) is 2. The van der Waals surface area contributed by atoms with Crippen LogP contribution in [0.2, 0.25) is 0 Å². The number of pyridine rings is 1. The van der Waals surface area contributed by atoms with Crippen molar-refractivity contribution in [3.63, 3.8) is 0 Å². The third kappa shape index (κ3) is 2.82. The van der Waals surface area contributed by atoms with Crippen molar-refractivity contribution in [2.24, 2.45) is 4.99 Å². The number of hydrogen-bond donors (Lipinski definition) is 2. The van der Waals surface area contributed by atoms with Crippen molar-refractivity contribution < 1.29 is 13.2 Å². The normalized spacial score (nSPS) is 16.8. The fourth-order valence-corrected chi connectivity index (χ4v) is 3.27. The van der Waals surface area contributed by atoms with Crippen molar-refractivity contribution in [2.45, 2.75) is 4.90 Å². The number of fused-ring (bicyclic) bond motifs is 1. The van der Waals surface area contributed by atoms with Crippen LogP contribution in [0.5, 0.6) is 0 Å². The number of amides is 1. The first-order valence-corrected chi connectivity index (χ1v) is 7.92. The van der Waals surface area contributed by atoms with Crippen molar-refractivity contribution in [1.29, 1.82) is 0 Å². The minimum atomic E-state index is -3.59. The van der Waals surface area contributed by atoms with Crippen molar-refractivity contribution in [3.05, 3.63) is 54.2 Å². The van der Waals surface area contributed by atoms with E-state index in [1.54, 1.807) is 42.6 Å². The molecule has 2 heterocycles. The van der Waals surface area contributed by atoms with Gasteiger partial charge in [0.05, 0.1) is 4.90 Å². The lowest BCUT2D eigenvalue weighted by atomic mass is 10.2. The number of nitrogens with one attached hydrogen (secondary N) is 2. The molecular formula is C14H12N4O3S. The molecule has 0 fully saturated rings. The summed E-state index contributed by atoms with van der Waals surface area (Å²) in [5.41, 5.74) is 0.466. The summed E-state index contributed by atoms with van der Waals surface area (Å²) in [6.45, 7) is -0.206. The lowest BCUT2D eigenvalue weighted by Gasteiger charge is -2.02. The summed E-state index contributed by atoms with van der Waals surface area (Å²) in [6.07, 6.45) is 1.56. The van der Waals surface area contributed by atoms with Crippen molar-refractivity contribution in [3.8, 4) is 0 Å². The molecule has 1 amide bonds. The van der Waals surface area contributed by atoms with Gasteiger partial charge in [-0.2, -0.15) is 0 Å². The van der Waals surface area contributed by atoms with Crippen LogP contribution >= 0.6 is 0 Å². The van der Waals surface area contributed by atoms with Gasteiger partial charge >= 0.3 is 0 Å². The Hall–Kier alpha value is -2.74. The van der Waals surface area contributed by atoms with Gasteiger partial charge in [0.15, 0.2) is 0 Å². The number of benzene rings is 1. The van der Waals surface area contributed by atoms with E-state index >= 15 is 0 Å². The van der Waals surface area contributed by atoms with Gasteiger partial charge in [-0.1, -0.05) is 18.2 Å². The number of amidine groups is 1. The molecule has 22 heavy (non-hydrogen) atoms. The van der Waals surface area contributed by atoms with Gasteiger partial charge in [0.1, 0.15) is 18.2 Å². The Labute approximate surface area is 127 Å². The summed E-state index contributed by atoms with van der Waals surface area (Å²) >= 11 is 0. The van der Waals surface area contributed by atoms with Gasteiger partial charge < -0.3 is 5.32 Å².